The van der Waals surface area contributed by atoms with Gasteiger partial charge in [0.25, 0.3) is 5.91 Å². The van der Waals surface area contributed by atoms with Crippen LogP contribution in [0.25, 0.3) is 11.3 Å². The molecule has 1 aromatic heterocycles. The van der Waals surface area contributed by atoms with Gasteiger partial charge in [0.15, 0.2) is 0 Å². The predicted octanol–water partition coefficient (Wildman–Crippen LogP) is 1.43. The Morgan fingerprint density at radius 1 is 1.29 bits per heavy atom. The molecule has 24 heavy (non-hydrogen) atoms. The number of ether oxygens (including phenoxy) is 2. The number of benzene rings is 1. The highest BCUT2D eigenvalue weighted by molar-refractivity contribution is 5.93. The summed E-state index contributed by atoms with van der Waals surface area (Å²) in [4.78, 5) is 15.4. The molecule has 128 valence electrons. The van der Waals surface area contributed by atoms with Gasteiger partial charge in [-0.25, -0.2) is 0 Å². The minimum Gasteiger partial charge on any atom is -0.390 e. The molecule has 2 heterocycles. The van der Waals surface area contributed by atoms with E-state index >= 15 is 0 Å². The Morgan fingerprint density at radius 3 is 2.83 bits per heavy atom. The largest absolute Gasteiger partial charge is 0.390 e. The predicted molar refractivity (Wildman–Crippen MR) is 89.7 cm³/mol. The zero-order valence-electron chi connectivity index (χ0n) is 13.6. The van der Waals surface area contributed by atoms with Gasteiger partial charge in [-0.3, -0.25) is 4.79 Å². The number of rotatable bonds is 5. The second kappa shape index (κ2) is 7.61. The molecule has 0 radical (unpaired) electrons. The monoisotopic (exact) mass is 330 g/mol. The van der Waals surface area contributed by atoms with E-state index in [9.17, 15) is 9.90 Å². The van der Waals surface area contributed by atoms with E-state index < -0.39 is 6.10 Å². The van der Waals surface area contributed by atoms with E-state index in [0.29, 0.717) is 25.5 Å². The van der Waals surface area contributed by atoms with Gasteiger partial charge >= 0.3 is 0 Å². The van der Waals surface area contributed by atoms with Crippen LogP contribution in [0, 0.1) is 5.92 Å². The summed E-state index contributed by atoms with van der Waals surface area (Å²) < 4.78 is 10.6. The maximum atomic E-state index is 12.3. The van der Waals surface area contributed by atoms with Crippen LogP contribution in [0.2, 0.25) is 0 Å². The normalized spacial score (nSPS) is 23.8. The van der Waals surface area contributed by atoms with Crippen LogP contribution in [-0.4, -0.2) is 55.1 Å². The van der Waals surface area contributed by atoms with Crippen molar-refractivity contribution in [2.24, 2.45) is 5.92 Å². The highest BCUT2D eigenvalue weighted by Gasteiger charge is 2.32. The van der Waals surface area contributed by atoms with Crippen molar-refractivity contribution in [2.75, 3.05) is 26.9 Å². The third kappa shape index (κ3) is 3.67. The van der Waals surface area contributed by atoms with Gasteiger partial charge in [0.05, 0.1) is 19.3 Å². The Hall–Kier alpha value is -2.15. The summed E-state index contributed by atoms with van der Waals surface area (Å²) in [5.41, 5.74) is 2.40. The number of aliphatic hydroxyl groups excluding tert-OH is 1. The summed E-state index contributed by atoms with van der Waals surface area (Å²) in [7, 11) is 1.54. The number of aliphatic hydroxyl groups is 1. The van der Waals surface area contributed by atoms with Crippen LogP contribution in [0.1, 0.15) is 10.5 Å². The Kier molecular flexibility index (Phi) is 5.30. The number of carbonyl (C=O) groups excluding carboxylic acids is 1. The lowest BCUT2D eigenvalue weighted by atomic mass is 9.96. The second-order valence-electron chi connectivity index (χ2n) is 5.92. The summed E-state index contributed by atoms with van der Waals surface area (Å²) in [6.07, 6.45) is -0.997. The van der Waals surface area contributed by atoms with E-state index in [0.717, 1.165) is 11.3 Å². The van der Waals surface area contributed by atoms with Crippen LogP contribution in [0.5, 0.6) is 0 Å². The molecule has 1 saturated heterocycles. The zero-order chi connectivity index (χ0) is 16.9. The van der Waals surface area contributed by atoms with Crippen molar-refractivity contribution in [3.05, 3.63) is 48.2 Å². The van der Waals surface area contributed by atoms with E-state index in [4.69, 9.17) is 9.47 Å². The third-order valence-electron chi connectivity index (χ3n) is 4.32. The van der Waals surface area contributed by atoms with E-state index in [2.05, 4.69) is 10.3 Å². The molecule has 1 aliphatic rings. The van der Waals surface area contributed by atoms with Crippen LogP contribution in [0.3, 0.4) is 0 Å². The summed E-state index contributed by atoms with van der Waals surface area (Å²) in [5, 5.41) is 13.0. The molecular formula is C18H22N2O4. The average Bonchev–Trinajstić information content (AvgIpc) is 3.11. The van der Waals surface area contributed by atoms with E-state index in [-0.39, 0.29) is 17.9 Å². The van der Waals surface area contributed by atoms with Crippen molar-refractivity contribution in [1.29, 1.82) is 0 Å². The van der Waals surface area contributed by atoms with Gasteiger partial charge in [-0.1, -0.05) is 30.3 Å². The molecule has 1 aliphatic heterocycles. The molecule has 0 saturated carbocycles. The summed E-state index contributed by atoms with van der Waals surface area (Å²) in [6.45, 7) is 1.11. The lowest BCUT2D eigenvalue weighted by Crippen LogP contribution is -2.49. The summed E-state index contributed by atoms with van der Waals surface area (Å²) in [6, 6.07) is 13.4. The number of aromatic nitrogens is 1. The molecule has 2 aromatic rings. The van der Waals surface area contributed by atoms with Gasteiger partial charge in [0.1, 0.15) is 11.8 Å². The highest BCUT2D eigenvalue weighted by atomic mass is 16.5. The number of H-pyrrole nitrogens is 1. The fraction of sp³-hybridized carbons (Fsp3) is 0.389. The van der Waals surface area contributed by atoms with Gasteiger partial charge in [0.2, 0.25) is 0 Å². The smallest absolute Gasteiger partial charge is 0.267 e. The van der Waals surface area contributed by atoms with Crippen LogP contribution < -0.4 is 5.32 Å². The molecule has 1 amide bonds. The minimum atomic E-state index is -0.646. The number of hydrogen-bond donors (Lipinski definition) is 3. The minimum absolute atomic E-state index is 0.184. The Morgan fingerprint density at radius 2 is 2.08 bits per heavy atom. The van der Waals surface area contributed by atoms with Gasteiger partial charge in [-0.05, 0) is 17.7 Å². The van der Waals surface area contributed by atoms with Crippen molar-refractivity contribution in [2.45, 2.75) is 12.2 Å². The lowest BCUT2D eigenvalue weighted by molar-refractivity contribution is -0.132. The first-order valence-corrected chi connectivity index (χ1v) is 8.00. The van der Waals surface area contributed by atoms with Gasteiger partial charge < -0.3 is 24.9 Å². The molecular weight excluding hydrogens is 308 g/mol. The number of aromatic amines is 1. The summed E-state index contributed by atoms with van der Waals surface area (Å²) in [5.74, 6) is -0.389. The Bertz CT molecular complexity index is 671. The molecule has 0 aliphatic carbocycles. The molecule has 0 spiro atoms. The first-order chi connectivity index (χ1) is 11.7. The molecule has 3 atom stereocenters. The second-order valence-corrected chi connectivity index (χ2v) is 5.92. The first kappa shape index (κ1) is 16.7. The van der Waals surface area contributed by atoms with Crippen LogP contribution in [0.15, 0.2) is 42.5 Å². The van der Waals surface area contributed by atoms with Gasteiger partial charge in [0, 0.05) is 25.3 Å². The molecule has 3 rings (SSSR count). The number of carbonyl (C=O) groups is 1. The van der Waals surface area contributed by atoms with Crippen molar-refractivity contribution >= 4 is 5.91 Å². The molecule has 6 nitrogen and oxygen atoms in total. The maximum absolute atomic E-state index is 12.3. The van der Waals surface area contributed by atoms with E-state index in [1.807, 2.05) is 36.4 Å². The van der Waals surface area contributed by atoms with Crippen LogP contribution in [-0.2, 0) is 9.47 Å². The number of amides is 1. The van der Waals surface area contributed by atoms with Crippen LogP contribution >= 0.6 is 0 Å². The molecule has 0 unspecified atom stereocenters. The highest BCUT2D eigenvalue weighted by Crippen LogP contribution is 2.19. The molecule has 0 bridgehead atoms. The summed E-state index contributed by atoms with van der Waals surface area (Å²) >= 11 is 0. The topological polar surface area (TPSA) is 83.6 Å². The average molecular weight is 330 g/mol. The molecule has 6 heteroatoms. The zero-order valence-corrected chi connectivity index (χ0v) is 13.6. The number of nitrogens with one attached hydrogen (secondary N) is 2. The molecule has 1 fully saturated rings. The van der Waals surface area contributed by atoms with Crippen LogP contribution in [0.4, 0.5) is 0 Å². The Balaban J connectivity index is 1.59. The van der Waals surface area contributed by atoms with Gasteiger partial charge in [-0.2, -0.15) is 0 Å². The quantitative estimate of drug-likeness (QED) is 0.774. The lowest BCUT2D eigenvalue weighted by Gasteiger charge is -2.33. The number of hydrogen-bond acceptors (Lipinski definition) is 4. The van der Waals surface area contributed by atoms with Crippen molar-refractivity contribution in [3.63, 3.8) is 0 Å². The fourth-order valence-corrected chi connectivity index (χ4v) is 2.86. The van der Waals surface area contributed by atoms with E-state index in [1.165, 1.54) is 0 Å². The number of methoxy groups -OCH3 is 1. The third-order valence-corrected chi connectivity index (χ3v) is 4.32. The van der Waals surface area contributed by atoms with Gasteiger partial charge in [-0.15, -0.1) is 0 Å². The van der Waals surface area contributed by atoms with E-state index in [1.54, 1.807) is 13.2 Å². The molecule has 1 aromatic carbocycles. The Labute approximate surface area is 140 Å². The maximum Gasteiger partial charge on any atom is 0.267 e. The molecule has 3 N–H and O–H groups in total. The van der Waals surface area contributed by atoms with Crippen molar-refractivity contribution in [3.8, 4) is 11.3 Å². The SMILES string of the molecule is CO[C@@H]1COC[C@@H](CNC(=O)c2ccc(-c3ccccc3)[nH]2)[C@@H]1O. The van der Waals surface area contributed by atoms with Crippen molar-refractivity contribution < 1.29 is 19.4 Å². The standard InChI is InChI=1S/C18H22N2O4/c1-23-16-11-24-10-13(17(16)21)9-19-18(22)15-8-7-14(20-15)12-5-3-2-4-6-12/h2-8,13,16-17,20-21H,9-11H2,1H3,(H,19,22)/t13-,16-,17+/m1/s1. The van der Waals surface area contributed by atoms with Crippen molar-refractivity contribution in [1.82, 2.24) is 10.3 Å². The fourth-order valence-electron chi connectivity index (χ4n) is 2.86. The first-order valence-electron chi connectivity index (χ1n) is 8.00.